The zero-order valence-electron chi connectivity index (χ0n) is 12.2. The van der Waals surface area contributed by atoms with Crippen LogP contribution in [-0.4, -0.2) is 48.0 Å². The quantitative estimate of drug-likeness (QED) is 0.868. The molecule has 2 heterocycles. The summed E-state index contributed by atoms with van der Waals surface area (Å²) < 4.78 is 0. The van der Waals surface area contributed by atoms with E-state index in [0.29, 0.717) is 5.69 Å². The molecule has 104 valence electrons. The van der Waals surface area contributed by atoms with Gasteiger partial charge in [-0.1, -0.05) is 6.92 Å². The van der Waals surface area contributed by atoms with E-state index in [1.54, 1.807) is 25.1 Å². The van der Waals surface area contributed by atoms with Crippen LogP contribution in [0.1, 0.15) is 41.8 Å². The molecule has 0 aromatic carbocycles. The molecule has 1 aromatic heterocycles. The molecular weight excluding hydrogens is 240 g/mol. The molecule has 1 fully saturated rings. The second-order valence-electron chi connectivity index (χ2n) is 5.76. The Morgan fingerprint density at radius 3 is 2.74 bits per heavy atom. The normalized spacial score (nSPS) is 23.2. The van der Waals surface area contributed by atoms with E-state index in [4.69, 9.17) is 0 Å². The Bertz CT molecular complexity index is 478. The van der Waals surface area contributed by atoms with E-state index in [9.17, 15) is 4.79 Å². The molecule has 1 unspecified atom stereocenters. The van der Waals surface area contributed by atoms with Gasteiger partial charge in [0.15, 0.2) is 0 Å². The number of amides is 1. The molecule has 0 aliphatic carbocycles. The third-order valence-electron chi connectivity index (χ3n) is 3.62. The summed E-state index contributed by atoms with van der Waals surface area (Å²) in [6.45, 7) is 5.99. The van der Waals surface area contributed by atoms with Gasteiger partial charge in [-0.3, -0.25) is 4.79 Å². The molecule has 0 bridgehead atoms. The van der Waals surface area contributed by atoms with Crippen LogP contribution in [-0.2, 0) is 5.41 Å². The van der Waals surface area contributed by atoms with Crippen LogP contribution in [0.5, 0.6) is 0 Å². The maximum atomic E-state index is 12.1. The highest BCUT2D eigenvalue weighted by atomic mass is 16.2. The number of carbonyl (C=O) groups excluding carboxylic acids is 1. The molecule has 1 aliphatic rings. The Labute approximate surface area is 114 Å². The predicted octanol–water partition coefficient (Wildman–Crippen LogP) is 1.13. The van der Waals surface area contributed by atoms with Gasteiger partial charge < -0.3 is 10.2 Å². The van der Waals surface area contributed by atoms with Crippen LogP contribution in [0.3, 0.4) is 0 Å². The summed E-state index contributed by atoms with van der Waals surface area (Å²) in [5.74, 6) is 0.712. The van der Waals surface area contributed by atoms with Crippen molar-refractivity contribution >= 4 is 5.91 Å². The van der Waals surface area contributed by atoms with Gasteiger partial charge in [0.05, 0.1) is 0 Å². The smallest absolute Gasteiger partial charge is 0.272 e. The summed E-state index contributed by atoms with van der Waals surface area (Å²) in [5.41, 5.74) is 1.26. The van der Waals surface area contributed by atoms with Gasteiger partial charge in [-0.15, -0.1) is 0 Å². The van der Waals surface area contributed by atoms with E-state index in [0.717, 1.165) is 37.4 Å². The lowest BCUT2D eigenvalue weighted by Gasteiger charge is -2.33. The topological polar surface area (TPSA) is 58.1 Å². The van der Waals surface area contributed by atoms with Crippen molar-refractivity contribution in [3.05, 3.63) is 23.3 Å². The van der Waals surface area contributed by atoms with Crippen molar-refractivity contribution in [2.45, 2.75) is 32.1 Å². The first-order valence-corrected chi connectivity index (χ1v) is 6.71. The molecule has 1 N–H and O–H groups in total. The molecule has 1 atom stereocenters. The average molecular weight is 262 g/mol. The van der Waals surface area contributed by atoms with Gasteiger partial charge >= 0.3 is 0 Å². The number of piperidine rings is 1. The van der Waals surface area contributed by atoms with Crippen LogP contribution in [0.2, 0.25) is 0 Å². The van der Waals surface area contributed by atoms with Crippen LogP contribution >= 0.6 is 0 Å². The number of rotatable bonds is 2. The molecule has 2 rings (SSSR count). The minimum atomic E-state index is -0.0778. The fourth-order valence-corrected chi connectivity index (χ4v) is 2.42. The first kappa shape index (κ1) is 13.9. The average Bonchev–Trinajstić information content (AvgIpc) is 2.38. The van der Waals surface area contributed by atoms with Crippen molar-refractivity contribution in [1.29, 1.82) is 0 Å². The fourth-order valence-electron chi connectivity index (χ4n) is 2.42. The number of hydrogen-bond donors (Lipinski definition) is 1. The molecule has 0 spiro atoms. The standard InChI is InChI=1S/C14H22N4O/c1-10-8-11(12(19)18(3)4)17-13(16-10)14(2)6-5-7-15-9-14/h8,15H,5-7,9H2,1-4H3. The Kier molecular flexibility index (Phi) is 3.85. The van der Waals surface area contributed by atoms with Gasteiger partial charge in [-0.25, -0.2) is 9.97 Å². The Hall–Kier alpha value is -1.49. The van der Waals surface area contributed by atoms with E-state index >= 15 is 0 Å². The molecule has 1 aliphatic heterocycles. The summed E-state index contributed by atoms with van der Waals surface area (Å²) in [4.78, 5) is 22.7. The number of aryl methyl sites for hydroxylation is 1. The molecule has 1 saturated heterocycles. The molecule has 1 aromatic rings. The van der Waals surface area contributed by atoms with Crippen LogP contribution < -0.4 is 5.32 Å². The van der Waals surface area contributed by atoms with Gasteiger partial charge in [-0.2, -0.15) is 0 Å². The highest BCUT2D eigenvalue weighted by molar-refractivity contribution is 5.92. The van der Waals surface area contributed by atoms with Crippen molar-refractivity contribution in [3.8, 4) is 0 Å². The van der Waals surface area contributed by atoms with Gasteiger partial charge in [0.2, 0.25) is 0 Å². The summed E-state index contributed by atoms with van der Waals surface area (Å²) >= 11 is 0. The fraction of sp³-hybridized carbons (Fsp3) is 0.643. The second-order valence-corrected chi connectivity index (χ2v) is 5.76. The van der Waals surface area contributed by atoms with Gasteiger partial charge in [-0.05, 0) is 32.4 Å². The number of nitrogens with zero attached hydrogens (tertiary/aromatic N) is 3. The van der Waals surface area contributed by atoms with Gasteiger partial charge in [0.25, 0.3) is 5.91 Å². The molecule has 19 heavy (non-hydrogen) atoms. The molecule has 5 heteroatoms. The zero-order valence-corrected chi connectivity index (χ0v) is 12.2. The molecule has 5 nitrogen and oxygen atoms in total. The third kappa shape index (κ3) is 2.92. The van der Waals surface area contributed by atoms with Crippen molar-refractivity contribution in [1.82, 2.24) is 20.2 Å². The van der Waals surface area contributed by atoms with Gasteiger partial charge in [0.1, 0.15) is 11.5 Å². The van der Waals surface area contributed by atoms with Crippen molar-refractivity contribution in [2.24, 2.45) is 0 Å². The molecule has 0 saturated carbocycles. The molecule has 0 radical (unpaired) electrons. The maximum absolute atomic E-state index is 12.1. The number of nitrogens with one attached hydrogen (secondary N) is 1. The highest BCUT2D eigenvalue weighted by Crippen LogP contribution is 2.28. The lowest BCUT2D eigenvalue weighted by atomic mass is 9.82. The van der Waals surface area contributed by atoms with E-state index < -0.39 is 0 Å². The Morgan fingerprint density at radius 1 is 1.42 bits per heavy atom. The third-order valence-corrected chi connectivity index (χ3v) is 3.62. The Balaban J connectivity index is 2.38. The lowest BCUT2D eigenvalue weighted by molar-refractivity contribution is 0.0820. The molecular formula is C14H22N4O. The van der Waals surface area contributed by atoms with Crippen molar-refractivity contribution < 1.29 is 4.79 Å². The largest absolute Gasteiger partial charge is 0.343 e. The summed E-state index contributed by atoms with van der Waals surface area (Å²) in [5, 5.41) is 3.39. The van der Waals surface area contributed by atoms with Crippen LogP contribution in [0.25, 0.3) is 0 Å². The first-order chi connectivity index (χ1) is 8.92. The van der Waals surface area contributed by atoms with E-state index in [1.807, 2.05) is 6.92 Å². The highest BCUT2D eigenvalue weighted by Gasteiger charge is 2.32. The Morgan fingerprint density at radius 2 is 2.16 bits per heavy atom. The second kappa shape index (κ2) is 5.25. The number of aromatic nitrogens is 2. The number of carbonyl (C=O) groups is 1. The van der Waals surface area contributed by atoms with E-state index in [1.165, 1.54) is 0 Å². The SMILES string of the molecule is Cc1cc(C(=O)N(C)C)nc(C2(C)CCCNC2)n1. The van der Waals surface area contributed by atoms with Crippen molar-refractivity contribution in [3.63, 3.8) is 0 Å². The first-order valence-electron chi connectivity index (χ1n) is 6.71. The number of hydrogen-bond acceptors (Lipinski definition) is 4. The minimum Gasteiger partial charge on any atom is -0.343 e. The van der Waals surface area contributed by atoms with Crippen LogP contribution in [0.15, 0.2) is 6.07 Å². The maximum Gasteiger partial charge on any atom is 0.272 e. The van der Waals surface area contributed by atoms with Crippen molar-refractivity contribution in [2.75, 3.05) is 27.2 Å². The summed E-state index contributed by atoms with van der Waals surface area (Å²) in [6.07, 6.45) is 2.17. The van der Waals surface area contributed by atoms with Gasteiger partial charge in [0, 0.05) is 31.7 Å². The summed E-state index contributed by atoms with van der Waals surface area (Å²) in [7, 11) is 3.48. The minimum absolute atomic E-state index is 0.0703. The van der Waals surface area contributed by atoms with E-state index in [2.05, 4.69) is 22.2 Å². The van der Waals surface area contributed by atoms with Crippen LogP contribution in [0.4, 0.5) is 0 Å². The summed E-state index contributed by atoms with van der Waals surface area (Å²) in [6, 6.07) is 1.76. The lowest BCUT2D eigenvalue weighted by Crippen LogP contribution is -2.42. The monoisotopic (exact) mass is 262 g/mol. The van der Waals surface area contributed by atoms with Crippen LogP contribution in [0, 0.1) is 6.92 Å². The predicted molar refractivity (Wildman–Crippen MR) is 74.2 cm³/mol. The zero-order chi connectivity index (χ0) is 14.0. The molecule has 1 amide bonds. The van der Waals surface area contributed by atoms with E-state index in [-0.39, 0.29) is 11.3 Å².